The van der Waals surface area contributed by atoms with Gasteiger partial charge in [-0.15, -0.1) is 0 Å². The van der Waals surface area contributed by atoms with Gasteiger partial charge in [-0.25, -0.2) is 0 Å². The van der Waals surface area contributed by atoms with Crippen molar-refractivity contribution in [2.45, 2.75) is 24.4 Å². The number of aliphatic hydroxyl groups is 6. The van der Waals surface area contributed by atoms with Gasteiger partial charge in [0.15, 0.2) is 0 Å². The second-order valence-electron chi connectivity index (χ2n) is 2.48. The van der Waals surface area contributed by atoms with Crippen LogP contribution in [0.4, 0.5) is 0 Å². The molecule has 4 atom stereocenters. The zero-order chi connectivity index (χ0) is 9.72. The van der Waals surface area contributed by atoms with E-state index in [-0.39, 0.29) is 18.9 Å². The van der Waals surface area contributed by atoms with Crippen LogP contribution in [0.1, 0.15) is 0 Å². The van der Waals surface area contributed by atoms with Crippen LogP contribution < -0.4 is 0 Å². The topological polar surface area (TPSA) is 121 Å². The van der Waals surface area contributed by atoms with E-state index in [9.17, 15) is 0 Å². The fourth-order valence-corrected chi connectivity index (χ4v) is 0.671. The van der Waals surface area contributed by atoms with E-state index < -0.39 is 37.6 Å². The van der Waals surface area contributed by atoms with E-state index in [4.69, 9.17) is 30.6 Å². The summed E-state index contributed by atoms with van der Waals surface area (Å²) in [4.78, 5) is 0. The monoisotopic (exact) mass is 189 g/mol. The van der Waals surface area contributed by atoms with E-state index in [1.165, 1.54) is 0 Å². The zero-order valence-electron chi connectivity index (χ0n) is 7.41. The molecule has 0 aliphatic carbocycles. The minimum absolute atomic E-state index is 0. The molecule has 0 aromatic carbocycles. The summed E-state index contributed by atoms with van der Waals surface area (Å²) in [5, 5.41) is 52.2. The summed E-state index contributed by atoms with van der Waals surface area (Å²) in [5.74, 6) is 0. The fraction of sp³-hybridized carbons (Fsp3) is 1.00. The molecular formula is C6H14LiO6. The van der Waals surface area contributed by atoms with Crippen molar-refractivity contribution in [2.75, 3.05) is 13.2 Å². The van der Waals surface area contributed by atoms with Crippen LogP contribution in [-0.2, 0) is 0 Å². The summed E-state index contributed by atoms with van der Waals surface area (Å²) in [6.07, 6.45) is -6.39. The Bertz CT molecular complexity index is 110. The average molecular weight is 189 g/mol. The Morgan fingerprint density at radius 3 is 1.08 bits per heavy atom. The van der Waals surface area contributed by atoms with Gasteiger partial charge in [0.1, 0.15) is 24.4 Å². The third-order valence-electron chi connectivity index (χ3n) is 1.51. The van der Waals surface area contributed by atoms with E-state index in [1.807, 2.05) is 0 Å². The third-order valence-corrected chi connectivity index (χ3v) is 1.51. The Kier molecular flexibility index (Phi) is 9.41. The van der Waals surface area contributed by atoms with Gasteiger partial charge in [-0.3, -0.25) is 0 Å². The molecule has 0 aliphatic heterocycles. The first-order valence-electron chi connectivity index (χ1n) is 3.48. The van der Waals surface area contributed by atoms with Gasteiger partial charge >= 0.3 is 0 Å². The maximum Gasteiger partial charge on any atom is 0.111 e. The molecule has 13 heavy (non-hydrogen) atoms. The minimum atomic E-state index is -1.67. The van der Waals surface area contributed by atoms with Gasteiger partial charge in [-0.05, 0) is 0 Å². The maximum atomic E-state index is 8.96. The van der Waals surface area contributed by atoms with E-state index >= 15 is 0 Å². The van der Waals surface area contributed by atoms with Crippen molar-refractivity contribution in [2.24, 2.45) is 0 Å². The Morgan fingerprint density at radius 2 is 0.923 bits per heavy atom. The van der Waals surface area contributed by atoms with E-state index in [0.29, 0.717) is 0 Å². The summed E-state index contributed by atoms with van der Waals surface area (Å²) in [6.45, 7) is -1.45. The molecule has 6 N–H and O–H groups in total. The van der Waals surface area contributed by atoms with Crippen molar-refractivity contribution < 1.29 is 30.6 Å². The van der Waals surface area contributed by atoms with Crippen molar-refractivity contribution in [3.63, 3.8) is 0 Å². The summed E-state index contributed by atoms with van der Waals surface area (Å²) in [7, 11) is 0. The Morgan fingerprint density at radius 1 is 0.692 bits per heavy atom. The van der Waals surface area contributed by atoms with E-state index in [0.717, 1.165) is 0 Å². The molecule has 0 fully saturated rings. The first kappa shape index (κ1) is 15.8. The molecule has 0 aliphatic rings. The largest absolute Gasteiger partial charge is 0.394 e. The first-order valence-corrected chi connectivity index (χ1v) is 3.48. The van der Waals surface area contributed by atoms with Crippen molar-refractivity contribution in [3.05, 3.63) is 0 Å². The van der Waals surface area contributed by atoms with Crippen molar-refractivity contribution >= 4 is 18.9 Å². The second kappa shape index (κ2) is 7.73. The van der Waals surface area contributed by atoms with Gasteiger partial charge < -0.3 is 30.6 Å². The van der Waals surface area contributed by atoms with Gasteiger partial charge in [0, 0.05) is 18.9 Å². The van der Waals surface area contributed by atoms with Crippen LogP contribution in [0, 0.1) is 0 Å². The Balaban J connectivity index is 0. The smallest absolute Gasteiger partial charge is 0.111 e. The van der Waals surface area contributed by atoms with Crippen molar-refractivity contribution in [1.29, 1.82) is 0 Å². The van der Waals surface area contributed by atoms with E-state index in [2.05, 4.69) is 0 Å². The fourth-order valence-electron chi connectivity index (χ4n) is 0.671. The number of aliphatic hydroxyl groups excluding tert-OH is 6. The predicted molar refractivity (Wildman–Crippen MR) is 44.0 cm³/mol. The van der Waals surface area contributed by atoms with Crippen LogP contribution in [0.3, 0.4) is 0 Å². The van der Waals surface area contributed by atoms with Gasteiger partial charge in [0.05, 0.1) is 13.2 Å². The number of hydrogen-bond acceptors (Lipinski definition) is 6. The summed E-state index contributed by atoms with van der Waals surface area (Å²) < 4.78 is 0. The molecule has 0 saturated heterocycles. The van der Waals surface area contributed by atoms with Crippen LogP contribution in [0.2, 0.25) is 0 Å². The van der Waals surface area contributed by atoms with Crippen LogP contribution in [-0.4, -0.2) is 87.1 Å². The second-order valence-corrected chi connectivity index (χ2v) is 2.48. The molecule has 0 amide bonds. The molecule has 75 valence electrons. The normalized spacial score (nSPS) is 19.8. The predicted octanol–water partition coefficient (Wildman–Crippen LogP) is -3.97. The van der Waals surface area contributed by atoms with Crippen molar-refractivity contribution in [1.82, 2.24) is 0 Å². The molecule has 6 nitrogen and oxygen atoms in total. The van der Waals surface area contributed by atoms with Gasteiger partial charge in [-0.1, -0.05) is 0 Å². The Labute approximate surface area is 87.6 Å². The molecule has 1 radical (unpaired) electrons. The third kappa shape index (κ3) is 4.95. The van der Waals surface area contributed by atoms with Crippen LogP contribution in [0.5, 0.6) is 0 Å². The molecule has 0 aromatic heterocycles. The van der Waals surface area contributed by atoms with Crippen LogP contribution in [0.25, 0.3) is 0 Å². The SMILES string of the molecule is OC[C@@H](O)[C@@H](O)[C@H](O)[C@@H](O)CO.[Li]. The van der Waals surface area contributed by atoms with Gasteiger partial charge in [0.25, 0.3) is 0 Å². The van der Waals surface area contributed by atoms with E-state index in [1.54, 1.807) is 0 Å². The molecule has 0 rings (SSSR count). The zero-order valence-corrected chi connectivity index (χ0v) is 7.41. The summed E-state index contributed by atoms with van der Waals surface area (Å²) >= 11 is 0. The van der Waals surface area contributed by atoms with Gasteiger partial charge in [0.2, 0.25) is 0 Å². The maximum absolute atomic E-state index is 8.96. The minimum Gasteiger partial charge on any atom is -0.394 e. The summed E-state index contributed by atoms with van der Waals surface area (Å²) in [5.41, 5.74) is 0. The summed E-state index contributed by atoms with van der Waals surface area (Å²) in [6, 6.07) is 0. The molecule has 0 unspecified atom stereocenters. The molecule has 0 saturated carbocycles. The molecular weight excluding hydrogens is 175 g/mol. The Hall–Kier alpha value is 0.357. The molecule has 0 aromatic rings. The van der Waals surface area contributed by atoms with Crippen LogP contribution in [0.15, 0.2) is 0 Å². The number of hydrogen-bond donors (Lipinski definition) is 6. The molecule has 0 spiro atoms. The molecule has 0 heterocycles. The average Bonchev–Trinajstić information content (AvgIpc) is 2.12. The number of rotatable bonds is 5. The van der Waals surface area contributed by atoms with Gasteiger partial charge in [-0.2, -0.15) is 0 Å². The molecule has 7 heteroatoms. The van der Waals surface area contributed by atoms with Crippen molar-refractivity contribution in [3.8, 4) is 0 Å². The quantitative estimate of drug-likeness (QED) is 0.245. The first-order chi connectivity index (χ1) is 5.54. The van der Waals surface area contributed by atoms with Crippen LogP contribution >= 0.6 is 0 Å². The standard InChI is InChI=1S/C6H14O6.Li/c7-1-3(9)5(11)6(12)4(10)2-8;/h3-12H,1-2H2;/t3-,4+,5-,6-;/m1./s1. The molecule has 0 bridgehead atoms.